The molecule has 0 radical (unpaired) electrons. The Balaban J connectivity index is 1.06. The SMILES string of the molecule is c1ccc(-c2c(-c3ccccc3)c3cc(N(c4cccc(-c5ccc6ccccc6c5)c4)c4cccc(-c5cccc6c5c5ccccc5n6-c5ccccc5)c4)ccc3c3ccccc23)cc1. The van der Waals surface area contributed by atoms with Crippen LogP contribution in [0.4, 0.5) is 17.1 Å². The zero-order valence-corrected chi connectivity index (χ0v) is 37.3. The zero-order chi connectivity index (χ0) is 45.0. The Kier molecular flexibility index (Phi) is 9.54. The predicted molar refractivity (Wildman–Crippen MR) is 290 cm³/mol. The van der Waals surface area contributed by atoms with Crippen LogP contribution in [-0.2, 0) is 0 Å². The van der Waals surface area contributed by atoms with Gasteiger partial charge in [-0.3, -0.25) is 0 Å². The third-order valence-corrected chi connectivity index (χ3v) is 13.7. The smallest absolute Gasteiger partial charge is 0.0547 e. The molecule has 318 valence electrons. The Morgan fingerprint density at radius 3 is 1.53 bits per heavy atom. The summed E-state index contributed by atoms with van der Waals surface area (Å²) in [5.74, 6) is 0. The third-order valence-electron chi connectivity index (χ3n) is 13.7. The number of benzene rings is 12. The lowest BCUT2D eigenvalue weighted by molar-refractivity contribution is 1.18. The minimum absolute atomic E-state index is 1.08. The van der Waals surface area contributed by atoms with Crippen LogP contribution in [0.5, 0.6) is 0 Å². The van der Waals surface area contributed by atoms with E-state index in [9.17, 15) is 0 Å². The van der Waals surface area contributed by atoms with Crippen molar-refractivity contribution in [3.8, 4) is 50.2 Å². The maximum Gasteiger partial charge on any atom is 0.0547 e. The summed E-state index contributed by atoms with van der Waals surface area (Å²) in [7, 11) is 0. The van der Waals surface area contributed by atoms with Crippen LogP contribution in [0.1, 0.15) is 0 Å². The molecule has 0 bridgehead atoms. The molecule has 0 aliphatic heterocycles. The number of aromatic nitrogens is 1. The van der Waals surface area contributed by atoms with E-state index in [4.69, 9.17) is 0 Å². The molecule has 13 rings (SSSR count). The normalized spacial score (nSPS) is 11.5. The van der Waals surface area contributed by atoms with E-state index in [1.807, 2.05) is 0 Å². The Labute approximate surface area is 395 Å². The highest BCUT2D eigenvalue weighted by molar-refractivity contribution is 6.22. The van der Waals surface area contributed by atoms with Crippen molar-refractivity contribution in [3.05, 3.63) is 267 Å². The summed E-state index contributed by atoms with van der Waals surface area (Å²) in [5, 5.41) is 9.85. The lowest BCUT2D eigenvalue weighted by atomic mass is 9.85. The van der Waals surface area contributed by atoms with Crippen molar-refractivity contribution in [1.82, 2.24) is 4.57 Å². The van der Waals surface area contributed by atoms with Crippen molar-refractivity contribution in [2.75, 3.05) is 4.90 Å². The van der Waals surface area contributed by atoms with Gasteiger partial charge in [0.2, 0.25) is 0 Å². The van der Waals surface area contributed by atoms with Gasteiger partial charge in [0.1, 0.15) is 0 Å². The maximum atomic E-state index is 2.45. The molecule has 0 saturated heterocycles. The number of hydrogen-bond donors (Lipinski definition) is 0. The summed E-state index contributed by atoms with van der Waals surface area (Å²) in [4.78, 5) is 2.45. The first-order valence-electron chi connectivity index (χ1n) is 23.4. The van der Waals surface area contributed by atoms with Crippen LogP contribution in [0.2, 0.25) is 0 Å². The second-order valence-electron chi connectivity index (χ2n) is 17.6. The molecule has 0 N–H and O–H groups in total. The van der Waals surface area contributed by atoms with E-state index in [0.29, 0.717) is 0 Å². The molecule has 0 saturated carbocycles. The van der Waals surface area contributed by atoms with Gasteiger partial charge < -0.3 is 9.47 Å². The molecule has 0 unspecified atom stereocenters. The molecule has 0 aliphatic carbocycles. The van der Waals surface area contributed by atoms with Gasteiger partial charge in [0.15, 0.2) is 0 Å². The highest BCUT2D eigenvalue weighted by Crippen LogP contribution is 2.48. The Hall–Kier alpha value is -8.98. The standard InChI is InChI=1S/C66H44N2/c1-4-20-46(21-5-1)64-59-32-13-12-31-57(59)58-40-39-55(44-61(58)65(64)47-22-6-2-7-23-47)67(53-29-16-25-49(42-53)50-38-37-45-19-10-11-24-48(45)41-50)54-30-17-26-51(43-54)56-34-18-36-63-66(56)60-33-14-15-35-62(60)68(63)52-27-8-3-9-28-52/h1-44H. The largest absolute Gasteiger partial charge is 0.310 e. The topological polar surface area (TPSA) is 8.17 Å². The first-order valence-corrected chi connectivity index (χ1v) is 23.4. The van der Waals surface area contributed by atoms with Gasteiger partial charge in [-0.25, -0.2) is 0 Å². The average Bonchev–Trinajstić information content (AvgIpc) is 3.76. The van der Waals surface area contributed by atoms with E-state index in [1.54, 1.807) is 0 Å². The summed E-state index contributed by atoms with van der Waals surface area (Å²) >= 11 is 0. The maximum absolute atomic E-state index is 2.45. The Morgan fingerprint density at radius 2 is 0.779 bits per heavy atom. The van der Waals surface area contributed by atoms with Crippen LogP contribution in [0.3, 0.4) is 0 Å². The molecule has 68 heavy (non-hydrogen) atoms. The van der Waals surface area contributed by atoms with Gasteiger partial charge in [0, 0.05) is 33.5 Å². The van der Waals surface area contributed by atoms with E-state index < -0.39 is 0 Å². The summed E-state index contributed by atoms with van der Waals surface area (Å²) in [6.07, 6.45) is 0. The fourth-order valence-electron chi connectivity index (χ4n) is 10.7. The highest BCUT2D eigenvalue weighted by atomic mass is 15.1. The van der Waals surface area contributed by atoms with Gasteiger partial charge in [-0.15, -0.1) is 0 Å². The van der Waals surface area contributed by atoms with Crippen molar-refractivity contribution in [2.45, 2.75) is 0 Å². The van der Waals surface area contributed by atoms with Crippen molar-refractivity contribution in [1.29, 1.82) is 0 Å². The minimum Gasteiger partial charge on any atom is -0.310 e. The third kappa shape index (κ3) is 6.65. The summed E-state index contributed by atoms with van der Waals surface area (Å²) in [6.45, 7) is 0. The minimum atomic E-state index is 1.08. The fraction of sp³-hybridized carbons (Fsp3) is 0. The van der Waals surface area contributed by atoms with E-state index in [2.05, 4.69) is 276 Å². The van der Waals surface area contributed by atoms with Gasteiger partial charge >= 0.3 is 0 Å². The molecule has 13 aromatic rings. The lowest BCUT2D eigenvalue weighted by Crippen LogP contribution is -2.10. The first-order chi connectivity index (χ1) is 33.7. The predicted octanol–water partition coefficient (Wildman–Crippen LogP) is 18.4. The number of nitrogens with zero attached hydrogens (tertiary/aromatic N) is 2. The van der Waals surface area contributed by atoms with Gasteiger partial charge in [0.25, 0.3) is 0 Å². The summed E-state index contributed by atoms with van der Waals surface area (Å²) in [5.41, 5.74) is 16.3. The summed E-state index contributed by atoms with van der Waals surface area (Å²) in [6, 6.07) is 97.6. The molecule has 2 nitrogen and oxygen atoms in total. The molecule has 12 aromatic carbocycles. The van der Waals surface area contributed by atoms with E-state index in [0.717, 1.165) is 33.9 Å². The van der Waals surface area contributed by atoms with Crippen molar-refractivity contribution in [3.63, 3.8) is 0 Å². The molecule has 0 amide bonds. The molecule has 2 heteroatoms. The van der Waals surface area contributed by atoms with Crippen LogP contribution in [0.25, 0.3) is 104 Å². The summed E-state index contributed by atoms with van der Waals surface area (Å²) < 4.78 is 2.40. The fourth-order valence-corrected chi connectivity index (χ4v) is 10.7. The second kappa shape index (κ2) is 16.5. The molecule has 1 aromatic heterocycles. The highest BCUT2D eigenvalue weighted by Gasteiger charge is 2.22. The monoisotopic (exact) mass is 864 g/mol. The van der Waals surface area contributed by atoms with Gasteiger partial charge in [-0.1, -0.05) is 200 Å². The molecule has 0 fully saturated rings. The van der Waals surface area contributed by atoms with E-state index in [1.165, 1.54) is 87.5 Å². The number of rotatable bonds is 8. The van der Waals surface area contributed by atoms with Crippen LogP contribution in [0.15, 0.2) is 267 Å². The second-order valence-corrected chi connectivity index (χ2v) is 17.6. The van der Waals surface area contributed by atoms with Crippen molar-refractivity contribution < 1.29 is 0 Å². The Morgan fingerprint density at radius 1 is 0.265 bits per heavy atom. The van der Waals surface area contributed by atoms with E-state index >= 15 is 0 Å². The van der Waals surface area contributed by atoms with Crippen LogP contribution in [0, 0.1) is 0 Å². The number of hydrogen-bond acceptors (Lipinski definition) is 1. The molecule has 1 heterocycles. The van der Waals surface area contributed by atoms with Gasteiger partial charge in [-0.2, -0.15) is 0 Å². The number of fused-ring (bicyclic) bond motifs is 7. The molecule has 0 atom stereocenters. The zero-order valence-electron chi connectivity index (χ0n) is 37.3. The van der Waals surface area contributed by atoms with Crippen LogP contribution in [-0.4, -0.2) is 4.57 Å². The quantitative estimate of drug-likeness (QED) is 0.138. The van der Waals surface area contributed by atoms with Gasteiger partial charge in [-0.05, 0) is 144 Å². The lowest BCUT2D eigenvalue weighted by Gasteiger charge is -2.28. The van der Waals surface area contributed by atoms with E-state index in [-0.39, 0.29) is 0 Å². The molecular weight excluding hydrogens is 821 g/mol. The van der Waals surface area contributed by atoms with Crippen molar-refractivity contribution >= 4 is 71.2 Å². The van der Waals surface area contributed by atoms with Gasteiger partial charge in [0.05, 0.1) is 11.0 Å². The number of para-hydroxylation sites is 2. The molecular formula is C66H44N2. The Bertz CT molecular complexity index is 4020. The van der Waals surface area contributed by atoms with Crippen LogP contribution >= 0.6 is 0 Å². The number of anilines is 3. The molecule has 0 aliphatic rings. The first kappa shape index (κ1) is 39.4. The van der Waals surface area contributed by atoms with Crippen LogP contribution < -0.4 is 4.90 Å². The van der Waals surface area contributed by atoms with Crippen molar-refractivity contribution in [2.24, 2.45) is 0 Å². The average molecular weight is 865 g/mol. The molecule has 0 spiro atoms.